The van der Waals surface area contributed by atoms with Gasteiger partial charge in [-0.3, -0.25) is 0 Å². The summed E-state index contributed by atoms with van der Waals surface area (Å²) in [4.78, 5) is 4.20. The SMILES string of the molecule is Cc1nc(CO)cn1COCC[Si](C)(C)C. The van der Waals surface area contributed by atoms with Crippen molar-refractivity contribution in [3.63, 3.8) is 0 Å². The van der Waals surface area contributed by atoms with Crippen LogP contribution in [-0.4, -0.2) is 29.3 Å². The first-order valence-electron chi connectivity index (χ1n) is 5.63. The number of hydrogen-bond acceptors (Lipinski definition) is 3. The maximum absolute atomic E-state index is 8.94. The lowest BCUT2D eigenvalue weighted by Crippen LogP contribution is -2.22. The molecule has 0 saturated carbocycles. The number of imidazole rings is 1. The van der Waals surface area contributed by atoms with Crippen molar-refractivity contribution >= 4 is 8.07 Å². The van der Waals surface area contributed by atoms with Crippen LogP contribution in [0.2, 0.25) is 25.7 Å². The fourth-order valence-corrected chi connectivity index (χ4v) is 2.08. The lowest BCUT2D eigenvalue weighted by Gasteiger charge is -2.15. The van der Waals surface area contributed by atoms with E-state index >= 15 is 0 Å². The van der Waals surface area contributed by atoms with Crippen LogP contribution in [-0.2, 0) is 18.1 Å². The molecule has 0 atom stereocenters. The first-order valence-corrected chi connectivity index (χ1v) is 9.34. The highest BCUT2D eigenvalue weighted by molar-refractivity contribution is 6.76. The van der Waals surface area contributed by atoms with E-state index in [4.69, 9.17) is 9.84 Å². The fraction of sp³-hybridized carbons (Fsp3) is 0.727. The summed E-state index contributed by atoms with van der Waals surface area (Å²) >= 11 is 0. The van der Waals surface area contributed by atoms with Gasteiger partial charge in [-0.25, -0.2) is 4.98 Å². The number of ether oxygens (including phenoxy) is 1. The standard InChI is InChI=1S/C11H22N2O2Si/c1-10-12-11(8-14)7-13(10)9-15-5-6-16(2,3)4/h7,14H,5-6,8-9H2,1-4H3. The van der Waals surface area contributed by atoms with Crippen molar-refractivity contribution in [3.05, 3.63) is 17.7 Å². The molecule has 1 rings (SSSR count). The Labute approximate surface area is 98.3 Å². The van der Waals surface area contributed by atoms with E-state index in [1.54, 1.807) is 0 Å². The van der Waals surface area contributed by atoms with E-state index < -0.39 is 8.07 Å². The summed E-state index contributed by atoms with van der Waals surface area (Å²) < 4.78 is 7.54. The van der Waals surface area contributed by atoms with Crippen molar-refractivity contribution in [2.24, 2.45) is 0 Å². The molecule has 0 saturated heterocycles. The Kier molecular flexibility index (Phi) is 4.70. The highest BCUT2D eigenvalue weighted by Gasteiger charge is 2.12. The molecule has 0 spiro atoms. The average Bonchev–Trinajstić information content (AvgIpc) is 2.53. The number of aromatic nitrogens is 2. The van der Waals surface area contributed by atoms with Crippen molar-refractivity contribution in [1.82, 2.24) is 9.55 Å². The van der Waals surface area contributed by atoms with Gasteiger partial charge in [-0.1, -0.05) is 19.6 Å². The second kappa shape index (κ2) is 5.61. The number of aryl methyl sites for hydroxylation is 1. The molecular formula is C11H22N2O2Si. The third kappa shape index (κ3) is 4.47. The topological polar surface area (TPSA) is 47.3 Å². The normalized spacial score (nSPS) is 12.1. The highest BCUT2D eigenvalue weighted by Crippen LogP contribution is 2.08. The lowest BCUT2D eigenvalue weighted by molar-refractivity contribution is 0.0856. The summed E-state index contributed by atoms with van der Waals surface area (Å²) in [5.41, 5.74) is 0.700. The van der Waals surface area contributed by atoms with Crippen LogP contribution in [0.25, 0.3) is 0 Å². The van der Waals surface area contributed by atoms with Crippen LogP contribution in [0.15, 0.2) is 6.20 Å². The summed E-state index contributed by atoms with van der Waals surface area (Å²) in [5, 5.41) is 8.94. The maximum atomic E-state index is 8.94. The molecular weight excluding hydrogens is 220 g/mol. The van der Waals surface area contributed by atoms with E-state index in [0.717, 1.165) is 12.4 Å². The lowest BCUT2D eigenvalue weighted by atomic mass is 10.5. The van der Waals surface area contributed by atoms with Gasteiger partial charge in [-0.2, -0.15) is 0 Å². The third-order valence-electron chi connectivity index (χ3n) is 2.41. The van der Waals surface area contributed by atoms with Crippen molar-refractivity contribution in [1.29, 1.82) is 0 Å². The van der Waals surface area contributed by atoms with E-state index in [-0.39, 0.29) is 6.61 Å². The molecule has 4 nitrogen and oxygen atoms in total. The number of hydrogen-bond donors (Lipinski definition) is 1. The van der Waals surface area contributed by atoms with Crippen molar-refractivity contribution < 1.29 is 9.84 Å². The molecule has 1 aromatic heterocycles. The molecule has 0 unspecified atom stereocenters. The summed E-state index contributed by atoms with van der Waals surface area (Å²) in [6.45, 7) is 10.3. The Balaban J connectivity index is 2.34. The van der Waals surface area contributed by atoms with Gasteiger partial charge in [0.25, 0.3) is 0 Å². The molecule has 0 aliphatic carbocycles. The number of aliphatic hydroxyl groups excluding tert-OH is 1. The molecule has 16 heavy (non-hydrogen) atoms. The second-order valence-electron chi connectivity index (χ2n) is 5.26. The smallest absolute Gasteiger partial charge is 0.123 e. The molecule has 1 heterocycles. The Morgan fingerprint density at radius 2 is 2.12 bits per heavy atom. The monoisotopic (exact) mass is 242 g/mol. The minimum atomic E-state index is -1.00. The second-order valence-corrected chi connectivity index (χ2v) is 10.9. The third-order valence-corrected chi connectivity index (χ3v) is 4.12. The Bertz CT molecular complexity index is 331. The minimum absolute atomic E-state index is 0.0112. The van der Waals surface area contributed by atoms with Gasteiger partial charge >= 0.3 is 0 Å². The molecule has 92 valence electrons. The van der Waals surface area contributed by atoms with Gasteiger partial charge in [0.05, 0.1) is 12.3 Å². The zero-order valence-electron chi connectivity index (χ0n) is 10.7. The van der Waals surface area contributed by atoms with E-state index in [9.17, 15) is 0 Å². The van der Waals surface area contributed by atoms with Crippen LogP contribution in [0.5, 0.6) is 0 Å². The van der Waals surface area contributed by atoms with Gasteiger partial charge in [0.2, 0.25) is 0 Å². The molecule has 0 fully saturated rings. The van der Waals surface area contributed by atoms with Crippen molar-refractivity contribution in [3.8, 4) is 0 Å². The summed E-state index contributed by atoms with van der Waals surface area (Å²) in [6, 6.07) is 1.17. The fourth-order valence-electron chi connectivity index (χ4n) is 1.32. The van der Waals surface area contributed by atoms with Crippen LogP contribution in [0.1, 0.15) is 11.5 Å². The Hall–Kier alpha value is -0.653. The number of nitrogens with zero attached hydrogens (tertiary/aromatic N) is 2. The predicted molar refractivity (Wildman–Crippen MR) is 67.0 cm³/mol. The first kappa shape index (κ1) is 13.4. The molecule has 0 aliphatic rings. The van der Waals surface area contributed by atoms with Gasteiger partial charge in [-0.15, -0.1) is 0 Å². The van der Waals surface area contributed by atoms with Crippen molar-refractivity contribution in [2.75, 3.05) is 6.61 Å². The zero-order chi connectivity index (χ0) is 12.2. The molecule has 1 N–H and O–H groups in total. The van der Waals surface area contributed by atoms with Crippen LogP contribution in [0.4, 0.5) is 0 Å². The van der Waals surface area contributed by atoms with E-state index in [1.807, 2.05) is 17.7 Å². The zero-order valence-corrected chi connectivity index (χ0v) is 11.7. The maximum Gasteiger partial charge on any atom is 0.123 e. The summed E-state index contributed by atoms with van der Waals surface area (Å²) in [6.07, 6.45) is 1.84. The molecule has 0 bridgehead atoms. The van der Waals surface area contributed by atoms with Crippen LogP contribution < -0.4 is 0 Å². The minimum Gasteiger partial charge on any atom is -0.390 e. The molecule has 0 amide bonds. The van der Waals surface area contributed by atoms with E-state index in [2.05, 4.69) is 24.6 Å². The highest BCUT2D eigenvalue weighted by atomic mass is 28.3. The summed E-state index contributed by atoms with van der Waals surface area (Å²) in [5.74, 6) is 0.886. The van der Waals surface area contributed by atoms with Crippen molar-refractivity contribution in [2.45, 2.75) is 45.9 Å². The predicted octanol–water partition coefficient (Wildman–Crippen LogP) is 2.00. The molecule has 0 aromatic carbocycles. The van der Waals surface area contributed by atoms with Crippen LogP contribution in [0, 0.1) is 6.92 Å². The largest absolute Gasteiger partial charge is 0.390 e. The van der Waals surface area contributed by atoms with E-state index in [0.29, 0.717) is 12.4 Å². The molecule has 5 heteroatoms. The number of rotatable bonds is 6. The molecule has 1 aromatic rings. The average molecular weight is 242 g/mol. The van der Waals surface area contributed by atoms with Crippen LogP contribution >= 0.6 is 0 Å². The Morgan fingerprint density at radius 1 is 1.44 bits per heavy atom. The van der Waals surface area contributed by atoms with E-state index in [1.165, 1.54) is 6.04 Å². The summed E-state index contributed by atoms with van der Waals surface area (Å²) in [7, 11) is -1.00. The first-order chi connectivity index (χ1) is 7.42. The van der Waals surface area contributed by atoms with Gasteiger partial charge in [0.15, 0.2) is 0 Å². The van der Waals surface area contributed by atoms with Gasteiger partial charge in [0.1, 0.15) is 12.6 Å². The quantitative estimate of drug-likeness (QED) is 0.613. The van der Waals surface area contributed by atoms with Gasteiger partial charge in [0, 0.05) is 20.9 Å². The molecule has 0 aliphatic heterocycles. The number of aliphatic hydroxyl groups is 1. The van der Waals surface area contributed by atoms with Crippen LogP contribution in [0.3, 0.4) is 0 Å². The van der Waals surface area contributed by atoms with Gasteiger partial charge in [-0.05, 0) is 13.0 Å². The van der Waals surface area contributed by atoms with Gasteiger partial charge < -0.3 is 14.4 Å². The molecule has 0 radical (unpaired) electrons. The Morgan fingerprint density at radius 3 is 2.62 bits per heavy atom.